The summed E-state index contributed by atoms with van der Waals surface area (Å²) >= 11 is 3.33. The molecule has 1 saturated carbocycles. The molecule has 1 amide bonds. The predicted molar refractivity (Wildman–Crippen MR) is 75.1 cm³/mol. The molecule has 4 nitrogen and oxygen atoms in total. The summed E-state index contributed by atoms with van der Waals surface area (Å²) < 4.78 is 0.654. The maximum Gasteiger partial charge on any atom is 0.231 e. The van der Waals surface area contributed by atoms with Gasteiger partial charge in [-0.25, -0.2) is 4.98 Å². The summed E-state index contributed by atoms with van der Waals surface area (Å²) in [6, 6.07) is 3.64. The van der Waals surface area contributed by atoms with Crippen LogP contribution in [0, 0.1) is 5.41 Å². The van der Waals surface area contributed by atoms with E-state index in [2.05, 4.69) is 26.2 Å². The Morgan fingerprint density at radius 3 is 2.78 bits per heavy atom. The highest BCUT2D eigenvalue weighted by Gasteiger charge is 2.38. The maximum atomic E-state index is 12.4. The topological polar surface area (TPSA) is 68.0 Å². The molecule has 0 aromatic carbocycles. The van der Waals surface area contributed by atoms with E-state index in [9.17, 15) is 4.79 Å². The van der Waals surface area contributed by atoms with E-state index in [-0.39, 0.29) is 5.91 Å². The van der Waals surface area contributed by atoms with Gasteiger partial charge in [-0.15, -0.1) is 0 Å². The zero-order chi connectivity index (χ0) is 13.0. The summed E-state index contributed by atoms with van der Waals surface area (Å²) in [5.41, 5.74) is 6.16. The van der Waals surface area contributed by atoms with Crippen LogP contribution in [0.15, 0.2) is 22.9 Å². The molecule has 5 heteroatoms. The van der Waals surface area contributed by atoms with Crippen LogP contribution in [0.3, 0.4) is 0 Å². The van der Waals surface area contributed by atoms with Crippen LogP contribution in [-0.4, -0.2) is 17.4 Å². The molecule has 0 atom stereocenters. The van der Waals surface area contributed by atoms with E-state index in [1.165, 1.54) is 6.42 Å². The van der Waals surface area contributed by atoms with Crippen molar-refractivity contribution in [3.63, 3.8) is 0 Å². The molecular formula is C13H18BrN3O. The summed E-state index contributed by atoms with van der Waals surface area (Å²) in [5.74, 6) is 0.0263. The van der Waals surface area contributed by atoms with E-state index in [0.29, 0.717) is 16.8 Å². The van der Waals surface area contributed by atoms with E-state index < -0.39 is 5.41 Å². The van der Waals surface area contributed by atoms with Crippen molar-refractivity contribution in [3.05, 3.63) is 22.9 Å². The van der Waals surface area contributed by atoms with Gasteiger partial charge in [-0.1, -0.05) is 19.3 Å². The Labute approximate surface area is 115 Å². The number of nitrogens with zero attached hydrogens (tertiary/aromatic N) is 1. The second kappa shape index (κ2) is 5.80. The maximum absolute atomic E-state index is 12.4. The van der Waals surface area contributed by atoms with Gasteiger partial charge in [-0.05, 0) is 40.9 Å². The standard InChI is InChI=1S/C13H18BrN3O/c14-11-10(5-4-8-16-11)17-12(18)13(9-15)6-2-1-3-7-13/h4-5,8H,1-3,6-7,9,15H2,(H,17,18). The molecule has 0 unspecified atom stereocenters. The fraction of sp³-hybridized carbons (Fsp3) is 0.538. The quantitative estimate of drug-likeness (QED) is 0.843. The van der Waals surface area contributed by atoms with Crippen molar-refractivity contribution in [2.75, 3.05) is 11.9 Å². The van der Waals surface area contributed by atoms with Crippen LogP contribution >= 0.6 is 15.9 Å². The molecule has 98 valence electrons. The fourth-order valence-corrected chi connectivity index (χ4v) is 2.84. The highest BCUT2D eigenvalue weighted by atomic mass is 79.9. The molecule has 0 radical (unpaired) electrons. The van der Waals surface area contributed by atoms with Crippen molar-refractivity contribution in [2.45, 2.75) is 32.1 Å². The Hall–Kier alpha value is -0.940. The molecule has 18 heavy (non-hydrogen) atoms. The summed E-state index contributed by atoms with van der Waals surface area (Å²) in [7, 11) is 0. The van der Waals surface area contributed by atoms with E-state index in [4.69, 9.17) is 5.73 Å². The molecule has 1 heterocycles. The number of amides is 1. The minimum Gasteiger partial charge on any atom is -0.329 e. The average Bonchev–Trinajstić information content (AvgIpc) is 2.42. The van der Waals surface area contributed by atoms with Gasteiger partial charge >= 0.3 is 0 Å². The van der Waals surface area contributed by atoms with Crippen molar-refractivity contribution < 1.29 is 4.79 Å². The van der Waals surface area contributed by atoms with Crippen LogP contribution in [0.4, 0.5) is 5.69 Å². The largest absolute Gasteiger partial charge is 0.329 e. The first-order chi connectivity index (χ1) is 8.68. The molecule has 1 aliphatic rings. The minimum atomic E-state index is -0.395. The molecule has 0 bridgehead atoms. The second-order valence-electron chi connectivity index (χ2n) is 4.84. The molecule has 3 N–H and O–H groups in total. The SMILES string of the molecule is NCC1(C(=O)Nc2cccnc2Br)CCCCC1. The third-order valence-electron chi connectivity index (χ3n) is 3.69. The second-order valence-corrected chi connectivity index (χ2v) is 5.59. The Balaban J connectivity index is 2.13. The number of nitrogens with two attached hydrogens (primary N) is 1. The van der Waals surface area contributed by atoms with Crippen LogP contribution in [0.25, 0.3) is 0 Å². The van der Waals surface area contributed by atoms with Gasteiger partial charge in [-0.3, -0.25) is 4.79 Å². The Kier molecular flexibility index (Phi) is 4.35. The summed E-state index contributed by atoms with van der Waals surface area (Å²) in [4.78, 5) is 16.5. The number of carbonyl (C=O) groups is 1. The monoisotopic (exact) mass is 311 g/mol. The van der Waals surface area contributed by atoms with Crippen molar-refractivity contribution in [2.24, 2.45) is 11.1 Å². The number of hydrogen-bond acceptors (Lipinski definition) is 3. The first-order valence-corrected chi connectivity index (χ1v) is 7.09. The van der Waals surface area contributed by atoms with Crippen molar-refractivity contribution in [1.82, 2.24) is 4.98 Å². The van der Waals surface area contributed by atoms with Gasteiger partial charge < -0.3 is 11.1 Å². The fourth-order valence-electron chi connectivity index (χ4n) is 2.49. The molecule has 2 rings (SSSR count). The Morgan fingerprint density at radius 2 is 2.17 bits per heavy atom. The molecule has 1 fully saturated rings. The summed E-state index contributed by atoms with van der Waals surface area (Å²) in [5, 5.41) is 2.94. The average molecular weight is 312 g/mol. The first kappa shape index (κ1) is 13.5. The van der Waals surface area contributed by atoms with Crippen LogP contribution in [-0.2, 0) is 4.79 Å². The van der Waals surface area contributed by atoms with Crippen LogP contribution in [0.1, 0.15) is 32.1 Å². The number of pyridine rings is 1. The summed E-state index contributed by atoms with van der Waals surface area (Å²) in [6.07, 6.45) is 6.81. The van der Waals surface area contributed by atoms with Gasteiger partial charge in [0.05, 0.1) is 11.1 Å². The normalized spacial score (nSPS) is 18.3. The zero-order valence-electron chi connectivity index (χ0n) is 10.3. The third-order valence-corrected chi connectivity index (χ3v) is 4.32. The van der Waals surface area contributed by atoms with Gasteiger partial charge in [0.15, 0.2) is 0 Å². The lowest BCUT2D eigenvalue weighted by atomic mass is 9.73. The molecule has 1 aromatic heterocycles. The van der Waals surface area contributed by atoms with Gasteiger partial charge in [0.1, 0.15) is 4.60 Å². The minimum absolute atomic E-state index is 0.0263. The van der Waals surface area contributed by atoms with Crippen molar-refractivity contribution >= 4 is 27.5 Å². The molecule has 0 spiro atoms. The highest BCUT2D eigenvalue weighted by molar-refractivity contribution is 9.10. The highest BCUT2D eigenvalue weighted by Crippen LogP contribution is 2.36. The van der Waals surface area contributed by atoms with Gasteiger partial charge in [0.25, 0.3) is 0 Å². The lowest BCUT2D eigenvalue weighted by molar-refractivity contribution is -0.126. The van der Waals surface area contributed by atoms with Crippen LogP contribution in [0.5, 0.6) is 0 Å². The third kappa shape index (κ3) is 2.72. The lowest BCUT2D eigenvalue weighted by Gasteiger charge is -2.34. The van der Waals surface area contributed by atoms with Crippen LogP contribution < -0.4 is 11.1 Å². The lowest BCUT2D eigenvalue weighted by Crippen LogP contribution is -2.43. The van der Waals surface area contributed by atoms with Crippen molar-refractivity contribution in [1.29, 1.82) is 0 Å². The van der Waals surface area contributed by atoms with Crippen molar-refractivity contribution in [3.8, 4) is 0 Å². The number of carbonyl (C=O) groups excluding carboxylic acids is 1. The Morgan fingerprint density at radius 1 is 1.44 bits per heavy atom. The number of anilines is 1. The number of hydrogen-bond donors (Lipinski definition) is 2. The molecular weight excluding hydrogens is 294 g/mol. The molecule has 0 saturated heterocycles. The van der Waals surface area contributed by atoms with E-state index in [0.717, 1.165) is 25.7 Å². The number of halogens is 1. The predicted octanol–water partition coefficient (Wildman–Crippen LogP) is 2.69. The van der Waals surface area contributed by atoms with E-state index in [1.807, 2.05) is 6.07 Å². The number of nitrogens with one attached hydrogen (secondary N) is 1. The number of rotatable bonds is 3. The molecule has 1 aromatic rings. The van der Waals surface area contributed by atoms with E-state index >= 15 is 0 Å². The first-order valence-electron chi connectivity index (χ1n) is 6.30. The molecule has 0 aliphatic heterocycles. The summed E-state index contributed by atoms with van der Waals surface area (Å²) in [6.45, 7) is 0.413. The van der Waals surface area contributed by atoms with E-state index in [1.54, 1.807) is 12.3 Å². The van der Waals surface area contributed by atoms with Gasteiger partial charge in [0.2, 0.25) is 5.91 Å². The smallest absolute Gasteiger partial charge is 0.231 e. The zero-order valence-corrected chi connectivity index (χ0v) is 11.9. The van der Waals surface area contributed by atoms with Crippen LogP contribution in [0.2, 0.25) is 0 Å². The number of aromatic nitrogens is 1. The molecule has 1 aliphatic carbocycles. The van der Waals surface area contributed by atoms with Gasteiger partial charge in [0, 0.05) is 12.7 Å². The van der Waals surface area contributed by atoms with Gasteiger partial charge in [-0.2, -0.15) is 0 Å². The Bertz CT molecular complexity index is 430.